The van der Waals surface area contributed by atoms with Crippen molar-refractivity contribution in [2.24, 2.45) is 0 Å². The SMILES string of the molecule is C.CC(=O)C1CN(C(C)(C)C)CCN1C.CN1C(C)(C)CN(C(C)(C)C)CC1(C)C.CN1CCN(C(C)(C)C)CC1.CN1CCN(C(C)(C)C)CC1(C)C.CN1CCN(C(C)(C)C)CC1C(F)(F)F. The molecule has 0 radical (unpaired) electrons. The average Bonchev–Trinajstić information content (AvgIpc) is 3.13. The van der Waals surface area contributed by atoms with E-state index >= 15 is 0 Å². The van der Waals surface area contributed by atoms with Gasteiger partial charge in [-0.2, -0.15) is 13.2 Å². The van der Waals surface area contributed by atoms with Crippen LogP contribution in [-0.2, 0) is 4.79 Å². The Kier molecular flexibility index (Phi) is 25.2. The normalized spacial score (nSPS) is 26.1. The molecule has 0 aliphatic carbocycles. The Labute approximate surface area is 427 Å². The van der Waals surface area contributed by atoms with E-state index in [0.717, 1.165) is 32.7 Å². The molecule has 5 heterocycles. The number of carbonyl (C=O) groups is 1. The number of nitrogens with zero attached hydrogens (tertiary/aromatic N) is 10. The number of piperazine rings is 5. The van der Waals surface area contributed by atoms with E-state index < -0.39 is 12.2 Å². The summed E-state index contributed by atoms with van der Waals surface area (Å²) in [5.41, 5.74) is 1.78. The number of halogens is 3. The minimum absolute atomic E-state index is 0. The predicted molar refractivity (Wildman–Crippen MR) is 293 cm³/mol. The number of hydrogen-bond donors (Lipinski definition) is 0. The minimum Gasteiger partial charge on any atom is -0.304 e. The second kappa shape index (κ2) is 25.5. The van der Waals surface area contributed by atoms with E-state index in [4.69, 9.17) is 0 Å². The quantitative estimate of drug-likeness (QED) is 0.253. The molecule has 69 heavy (non-hydrogen) atoms. The lowest BCUT2D eigenvalue weighted by molar-refractivity contribution is -0.197. The second-order valence-electron chi connectivity index (χ2n) is 27.9. The number of rotatable bonds is 1. The maximum Gasteiger partial charge on any atom is 0.405 e. The number of alkyl halides is 3. The third kappa shape index (κ3) is 22.2. The molecule has 0 spiro atoms. The van der Waals surface area contributed by atoms with Crippen LogP contribution in [0, 0.1) is 0 Å². The van der Waals surface area contributed by atoms with Gasteiger partial charge in [-0.15, -0.1) is 0 Å². The Bertz CT molecular complexity index is 1470. The number of hydrogen-bond acceptors (Lipinski definition) is 11. The van der Waals surface area contributed by atoms with E-state index in [-0.39, 0.29) is 53.5 Å². The van der Waals surface area contributed by atoms with Gasteiger partial charge in [-0.05, 0) is 188 Å². The zero-order chi connectivity index (χ0) is 53.6. The Morgan fingerprint density at radius 1 is 0.435 bits per heavy atom. The Morgan fingerprint density at radius 3 is 1.12 bits per heavy atom. The summed E-state index contributed by atoms with van der Waals surface area (Å²) in [4.78, 5) is 34.3. The lowest BCUT2D eigenvalue weighted by Gasteiger charge is -2.58. The molecule has 0 aromatic carbocycles. The van der Waals surface area contributed by atoms with Crippen molar-refractivity contribution in [3.05, 3.63) is 0 Å². The summed E-state index contributed by atoms with van der Waals surface area (Å²) in [7, 11) is 10.2. The van der Waals surface area contributed by atoms with Gasteiger partial charge in [0.2, 0.25) is 0 Å². The van der Waals surface area contributed by atoms with Crippen LogP contribution in [0.15, 0.2) is 0 Å². The van der Waals surface area contributed by atoms with Gasteiger partial charge in [0.1, 0.15) is 11.8 Å². The summed E-state index contributed by atoms with van der Waals surface area (Å²) in [5, 5.41) is 0. The zero-order valence-corrected chi connectivity index (χ0v) is 49.8. The van der Waals surface area contributed by atoms with Crippen LogP contribution in [0.25, 0.3) is 0 Å². The van der Waals surface area contributed by atoms with Gasteiger partial charge in [0, 0.05) is 142 Å². The fourth-order valence-electron chi connectivity index (χ4n) is 9.54. The topological polar surface area (TPSA) is 49.5 Å². The maximum absolute atomic E-state index is 12.7. The van der Waals surface area contributed by atoms with Crippen LogP contribution in [0.4, 0.5) is 13.2 Å². The van der Waals surface area contributed by atoms with Gasteiger partial charge in [-0.1, -0.05) is 7.43 Å². The van der Waals surface area contributed by atoms with Gasteiger partial charge in [0.15, 0.2) is 0 Å². The molecule has 5 rings (SSSR count). The highest BCUT2D eigenvalue weighted by molar-refractivity contribution is 5.81. The first-order valence-electron chi connectivity index (χ1n) is 26.0. The molecular weight excluding hydrogens is 874 g/mol. The van der Waals surface area contributed by atoms with Crippen LogP contribution in [0.5, 0.6) is 0 Å². The van der Waals surface area contributed by atoms with Gasteiger partial charge in [0.05, 0.1) is 6.04 Å². The van der Waals surface area contributed by atoms with Crippen molar-refractivity contribution < 1.29 is 18.0 Å². The summed E-state index contributed by atoms with van der Waals surface area (Å²) in [6, 6.07) is -1.24. The maximum atomic E-state index is 12.7. The van der Waals surface area contributed by atoms with E-state index in [1.54, 1.807) is 6.92 Å². The van der Waals surface area contributed by atoms with E-state index in [9.17, 15) is 18.0 Å². The van der Waals surface area contributed by atoms with Crippen LogP contribution in [0.1, 0.15) is 160 Å². The second-order valence-corrected chi connectivity index (χ2v) is 27.9. The lowest BCUT2D eigenvalue weighted by Crippen LogP contribution is -2.69. The summed E-state index contributed by atoms with van der Waals surface area (Å²) in [6.07, 6.45) is -4.13. The highest BCUT2D eigenvalue weighted by Crippen LogP contribution is 2.34. The molecule has 414 valence electrons. The first kappa shape index (κ1) is 68.1. The average molecular weight is 992 g/mol. The van der Waals surface area contributed by atoms with Crippen LogP contribution >= 0.6 is 0 Å². The summed E-state index contributed by atoms with van der Waals surface area (Å²) in [6.45, 7) is 63.8. The van der Waals surface area contributed by atoms with Crippen LogP contribution in [0.2, 0.25) is 0 Å². The lowest BCUT2D eigenvalue weighted by atomic mass is 9.86. The molecule has 0 saturated carbocycles. The smallest absolute Gasteiger partial charge is 0.304 e. The van der Waals surface area contributed by atoms with Gasteiger partial charge < -0.3 is 4.90 Å². The largest absolute Gasteiger partial charge is 0.405 e. The molecule has 5 aliphatic heterocycles. The van der Waals surface area contributed by atoms with Crippen molar-refractivity contribution in [1.29, 1.82) is 0 Å². The Balaban J connectivity index is 0.000000838. The highest BCUT2D eigenvalue weighted by Gasteiger charge is 2.47. The fraction of sp³-hybridized carbons (Fsp3) is 0.982. The fourth-order valence-corrected chi connectivity index (χ4v) is 9.54. The van der Waals surface area contributed by atoms with Crippen molar-refractivity contribution in [3.8, 4) is 0 Å². The molecule has 0 bridgehead atoms. The van der Waals surface area contributed by atoms with Crippen molar-refractivity contribution in [2.75, 3.05) is 133 Å². The molecule has 5 aliphatic rings. The zero-order valence-electron chi connectivity index (χ0n) is 49.8. The van der Waals surface area contributed by atoms with Crippen molar-refractivity contribution in [2.45, 2.75) is 222 Å². The van der Waals surface area contributed by atoms with E-state index in [1.807, 2.05) is 32.7 Å². The van der Waals surface area contributed by atoms with E-state index in [0.29, 0.717) is 29.7 Å². The predicted octanol–water partition coefficient (Wildman–Crippen LogP) is 9.02. The third-order valence-electron chi connectivity index (χ3n) is 15.7. The molecule has 0 aromatic heterocycles. The monoisotopic (exact) mass is 991 g/mol. The first-order chi connectivity index (χ1) is 30.1. The Hall–Kier alpha value is -0.940. The molecule has 5 fully saturated rings. The highest BCUT2D eigenvalue weighted by atomic mass is 19.4. The molecule has 5 saturated heterocycles. The summed E-state index contributed by atoms with van der Waals surface area (Å²) >= 11 is 0. The van der Waals surface area contributed by atoms with Gasteiger partial charge in [0.25, 0.3) is 0 Å². The summed E-state index contributed by atoms with van der Waals surface area (Å²) in [5.74, 6) is 0.279. The van der Waals surface area contributed by atoms with E-state index in [2.05, 4.69) is 185 Å². The van der Waals surface area contributed by atoms with Crippen LogP contribution in [0.3, 0.4) is 0 Å². The first-order valence-corrected chi connectivity index (χ1v) is 26.0. The van der Waals surface area contributed by atoms with E-state index in [1.165, 1.54) is 57.8 Å². The van der Waals surface area contributed by atoms with Crippen molar-refractivity contribution in [3.63, 3.8) is 0 Å². The summed E-state index contributed by atoms with van der Waals surface area (Å²) < 4.78 is 38.1. The number of carbonyl (C=O) groups excluding carboxylic acids is 1. The standard InChI is InChI=1S/C13H28N2.C11H22N2O.C11H24N2.C10H19F3N2.C9H20N2.CH4/c1-11(2,3)15-9-12(4,5)14(8)13(6,7)10-15;1-9(14)10-8-13(11(2,3)4)7-6-12(10)5;1-10(2,3)13-8-7-12(6)11(4,5)9-13;1-9(2,3)15-6-5-14(4)8(7-15)10(11,12)13;1-9(2,3)11-7-5-10(4)6-8-11;/h9-10H2,1-8H3;10H,6-8H2,1-5H3;7-9H2,1-6H3;8H,5-7H2,1-4H3;5-8H2,1-4H3;1H4. The van der Waals surface area contributed by atoms with Gasteiger partial charge in [-0.25, -0.2) is 0 Å². The van der Waals surface area contributed by atoms with Crippen molar-refractivity contribution in [1.82, 2.24) is 49.0 Å². The molecule has 0 amide bonds. The van der Waals surface area contributed by atoms with Crippen LogP contribution < -0.4 is 0 Å². The third-order valence-corrected chi connectivity index (χ3v) is 15.7. The Morgan fingerprint density at radius 2 is 0.768 bits per heavy atom. The van der Waals surface area contributed by atoms with Gasteiger partial charge in [-0.3, -0.25) is 48.9 Å². The molecule has 14 heteroatoms. The number of likely N-dealkylation sites (N-methyl/N-ethyl adjacent to an activating group) is 5. The van der Waals surface area contributed by atoms with Crippen molar-refractivity contribution >= 4 is 5.78 Å². The molecule has 11 nitrogen and oxygen atoms in total. The van der Waals surface area contributed by atoms with Gasteiger partial charge >= 0.3 is 6.18 Å². The molecule has 0 N–H and O–H groups in total. The minimum atomic E-state index is -4.13. The number of Topliss-reactive ketones (excluding diaryl/α,β-unsaturated/α-hetero) is 1. The molecule has 2 unspecified atom stereocenters. The van der Waals surface area contributed by atoms with Crippen LogP contribution in [-0.4, -0.2) is 251 Å². The molecular formula is C55H117F3N10O. The molecule has 2 atom stereocenters. The molecule has 0 aromatic rings. The number of ketones is 1.